The Kier molecular flexibility index (Phi) is 13.0. The van der Waals surface area contributed by atoms with Crippen molar-refractivity contribution in [3.8, 4) is 68.5 Å². The number of fused-ring (bicyclic) bond motifs is 30. The molecule has 386 valence electrons. The van der Waals surface area contributed by atoms with E-state index >= 15 is 0 Å². The summed E-state index contributed by atoms with van der Waals surface area (Å²) in [7, 11) is 0. The van der Waals surface area contributed by atoms with Crippen molar-refractivity contribution in [2.45, 2.75) is 103 Å². The maximum Gasteiger partial charge on any atom is 2.00 e. The van der Waals surface area contributed by atoms with Crippen molar-refractivity contribution in [3.63, 3.8) is 0 Å². The second-order valence-corrected chi connectivity index (χ2v) is 19.5. The Labute approximate surface area is 452 Å². The van der Waals surface area contributed by atoms with Gasteiger partial charge in [-0.25, -0.2) is 9.97 Å². The SMILES string of the molecule is CCCCOc1c2c(c(OCCCC)c3c1[C@@H]1C=C[C@H]3O1)-c1nc-2nc2[n-]c(nc3nc(nc4[n-]c(n1)c1cc([N+](=O)[O-])ccc41)-c1c(OCCCC)c4c(c(OCCCC)c1-3)[C@H]1C=C[C@@H]4O1)c1ccc([N+](=O)[O-])cc21.[Zn+2]. The van der Waals surface area contributed by atoms with E-state index in [4.69, 9.17) is 68.3 Å². The summed E-state index contributed by atoms with van der Waals surface area (Å²) in [6, 6.07) is 8.89. The van der Waals surface area contributed by atoms with Crippen LogP contribution in [0.1, 0.15) is 126 Å². The molecule has 20 nitrogen and oxygen atoms in total. The van der Waals surface area contributed by atoms with E-state index in [1.807, 2.05) is 24.3 Å². The molecule has 0 saturated heterocycles. The third-order valence-corrected chi connectivity index (χ3v) is 14.6. The summed E-state index contributed by atoms with van der Waals surface area (Å²) >= 11 is 0. The quantitative estimate of drug-likeness (QED) is 0.0255. The van der Waals surface area contributed by atoms with Crippen LogP contribution in [-0.4, -0.2) is 66.2 Å². The first-order valence-corrected chi connectivity index (χ1v) is 26.1. The summed E-state index contributed by atoms with van der Waals surface area (Å²) in [4.78, 5) is 65.6. The minimum absolute atomic E-state index is 0. The van der Waals surface area contributed by atoms with E-state index < -0.39 is 34.3 Å². The third kappa shape index (κ3) is 8.11. The monoisotopic (exact) mass is 1090 g/mol. The van der Waals surface area contributed by atoms with Gasteiger partial charge >= 0.3 is 19.5 Å². The number of aromatic nitrogens is 8. The molecule has 0 unspecified atom stereocenters. The molecule has 0 N–H and O–H groups in total. The van der Waals surface area contributed by atoms with Crippen LogP contribution in [0.2, 0.25) is 0 Å². The van der Waals surface area contributed by atoms with E-state index in [1.165, 1.54) is 24.3 Å². The summed E-state index contributed by atoms with van der Waals surface area (Å²) < 4.78 is 40.3. The topological polar surface area (TPSA) is 247 Å². The van der Waals surface area contributed by atoms with Gasteiger partial charge in [0.25, 0.3) is 11.4 Å². The number of rotatable bonds is 18. The van der Waals surface area contributed by atoms with Crippen molar-refractivity contribution >= 4 is 55.5 Å². The number of benzene rings is 4. The number of nitro groups is 2. The largest absolute Gasteiger partial charge is 2.00 e. The minimum Gasteiger partial charge on any atom is -0.492 e. The van der Waals surface area contributed by atoms with E-state index in [2.05, 4.69) is 27.7 Å². The Morgan fingerprint density at radius 3 is 1.01 bits per heavy atom. The van der Waals surface area contributed by atoms with Crippen LogP contribution in [0.15, 0.2) is 60.7 Å². The molecule has 0 aliphatic carbocycles. The van der Waals surface area contributed by atoms with Crippen LogP contribution in [-0.2, 0) is 29.0 Å². The zero-order valence-corrected chi connectivity index (χ0v) is 45.8. The van der Waals surface area contributed by atoms with Crippen LogP contribution >= 0.6 is 0 Å². The third-order valence-electron chi connectivity index (χ3n) is 14.6. The number of hydrogen-bond donors (Lipinski definition) is 0. The van der Waals surface area contributed by atoms with Gasteiger partial charge in [0.1, 0.15) is 47.4 Å². The minimum atomic E-state index is -0.471. The first kappa shape index (κ1) is 50.1. The Bertz CT molecular complexity index is 3640. The summed E-state index contributed by atoms with van der Waals surface area (Å²) in [5.41, 5.74) is 5.21. The fourth-order valence-electron chi connectivity index (χ4n) is 10.9. The molecule has 7 aromatic rings. The van der Waals surface area contributed by atoms with Crippen LogP contribution in [0.3, 0.4) is 0 Å². The van der Waals surface area contributed by atoms with E-state index in [9.17, 15) is 20.2 Å². The second kappa shape index (κ2) is 20.0. The molecule has 6 aliphatic heterocycles. The van der Waals surface area contributed by atoms with Crippen LogP contribution in [0.4, 0.5) is 11.4 Å². The molecular weight excluding hydrogens is 1040 g/mol. The molecule has 0 amide bonds. The van der Waals surface area contributed by atoms with Gasteiger partial charge in [0.2, 0.25) is 0 Å². The van der Waals surface area contributed by atoms with Crippen LogP contribution in [0.25, 0.3) is 89.7 Å². The van der Waals surface area contributed by atoms with Crippen molar-refractivity contribution in [2.24, 2.45) is 0 Å². The van der Waals surface area contributed by atoms with Crippen LogP contribution < -0.4 is 28.9 Å². The molecule has 13 rings (SSSR count). The van der Waals surface area contributed by atoms with E-state index in [0.29, 0.717) is 93.2 Å². The number of non-ortho nitro benzene ring substituents is 2. The second-order valence-electron chi connectivity index (χ2n) is 19.5. The zero-order chi connectivity index (χ0) is 51.9. The first-order chi connectivity index (χ1) is 37.2. The van der Waals surface area contributed by atoms with Crippen molar-refractivity contribution in [3.05, 3.63) is 103 Å². The maximum atomic E-state index is 12.5. The Balaban J connectivity index is 0.00000596. The first-order valence-electron chi connectivity index (χ1n) is 26.1. The molecule has 0 fully saturated rings. The average Bonchev–Trinajstić information content (AvgIpc) is 4.39. The van der Waals surface area contributed by atoms with E-state index in [-0.39, 0.29) is 76.7 Å². The molecular formula is C56H50N10O10Zn. The summed E-state index contributed by atoms with van der Waals surface area (Å²) in [6.07, 6.45) is 12.7. The van der Waals surface area contributed by atoms with Gasteiger partial charge in [-0.05, 0) is 48.6 Å². The van der Waals surface area contributed by atoms with Gasteiger partial charge in [-0.15, -0.1) is 0 Å². The van der Waals surface area contributed by atoms with Crippen molar-refractivity contribution < 1.29 is 57.7 Å². The van der Waals surface area contributed by atoms with E-state index in [0.717, 1.165) is 73.6 Å². The maximum absolute atomic E-state index is 12.5. The smallest absolute Gasteiger partial charge is 0.492 e. The summed E-state index contributed by atoms with van der Waals surface area (Å²) in [5.74, 6) is 2.61. The number of nitro benzene ring substituents is 2. The molecule has 0 spiro atoms. The Morgan fingerprint density at radius 2 is 0.740 bits per heavy atom. The Hall–Kier alpha value is -7.74. The van der Waals surface area contributed by atoms with Gasteiger partial charge in [0.15, 0.2) is 0 Å². The summed E-state index contributed by atoms with van der Waals surface area (Å²) in [6.45, 7) is 9.79. The molecule has 21 heteroatoms. The van der Waals surface area contributed by atoms with Crippen LogP contribution in [0.5, 0.6) is 23.0 Å². The predicted octanol–water partition coefficient (Wildman–Crippen LogP) is 12.0. The van der Waals surface area contributed by atoms with Crippen molar-refractivity contribution in [1.29, 1.82) is 0 Å². The molecule has 4 aromatic carbocycles. The number of nitrogens with zero attached hydrogens (tertiary/aromatic N) is 10. The van der Waals surface area contributed by atoms with Gasteiger partial charge in [0, 0.05) is 79.9 Å². The summed E-state index contributed by atoms with van der Waals surface area (Å²) in [5, 5.41) is 26.6. The van der Waals surface area contributed by atoms with E-state index in [1.54, 1.807) is 12.1 Å². The van der Waals surface area contributed by atoms with Gasteiger partial charge in [-0.3, -0.25) is 20.2 Å². The molecule has 3 aromatic heterocycles. The van der Waals surface area contributed by atoms with Gasteiger partial charge in [-0.2, -0.15) is 0 Å². The van der Waals surface area contributed by atoms with Gasteiger partial charge < -0.3 is 58.3 Å². The molecule has 9 heterocycles. The Morgan fingerprint density at radius 1 is 0.455 bits per heavy atom. The fourth-order valence-corrected chi connectivity index (χ4v) is 10.9. The molecule has 0 saturated carbocycles. The standard InChI is InChI=1S/C56H50N10O10.Zn/c1-5-9-21-71-45-37-33-17-18-34(75-33)38(37)46(72-22-10-6-2)42-41(45)53-59-49-29-15-13-27(65(67)68)25-31(29)51(57-49)61-55-43-44(48(74-24-12-8-4)40-36-20-19-35(76-36)39(40)47(43)73-23-11-7-3)56(64-55)62-52-32-26-28(66(69)70)14-16-30(32)50(58-52)60-54(42)63-53;/h13-20,25-26,33-36H,5-12,21-24H2,1-4H3;/q-2;+2/t33-,34+,35+,36-;. The molecule has 6 aliphatic rings. The van der Waals surface area contributed by atoms with Crippen molar-refractivity contribution in [1.82, 2.24) is 39.9 Å². The molecule has 77 heavy (non-hydrogen) atoms. The number of ether oxygens (including phenoxy) is 6. The molecule has 12 bridgehead atoms. The normalized spacial score (nSPS) is 17.6. The predicted molar refractivity (Wildman–Crippen MR) is 280 cm³/mol. The number of unbranched alkanes of at least 4 members (excludes halogenated alkanes) is 4. The number of hydrogen-bond acceptors (Lipinski definition) is 16. The van der Waals surface area contributed by atoms with Crippen LogP contribution in [0, 0.1) is 20.2 Å². The van der Waals surface area contributed by atoms with Gasteiger partial charge in [-0.1, -0.05) is 77.7 Å². The van der Waals surface area contributed by atoms with Gasteiger partial charge in [0.05, 0.1) is 81.8 Å². The average molecular weight is 1090 g/mol. The molecule has 0 radical (unpaired) electrons. The molecule has 4 atom stereocenters. The fraction of sp³-hybridized carbons (Fsp3) is 0.357. The zero-order valence-electron chi connectivity index (χ0n) is 42.8. The van der Waals surface area contributed by atoms with Crippen molar-refractivity contribution in [2.75, 3.05) is 26.4 Å².